The van der Waals surface area contributed by atoms with E-state index in [4.69, 9.17) is 69.6 Å². The number of nitrogens with one attached hydrogen (secondary N) is 1. The second-order valence-electron chi connectivity index (χ2n) is 8.01. The number of nitrogens with zero attached hydrogens (tertiary/aromatic N) is 1. The van der Waals surface area contributed by atoms with Gasteiger partial charge in [-0.25, -0.2) is 25.3 Å². The maximum absolute atomic E-state index is 13.9. The molecule has 8 nitrogen and oxygen atoms in total. The lowest BCUT2D eigenvalue weighted by molar-refractivity contribution is 0.584. The van der Waals surface area contributed by atoms with Crippen molar-refractivity contribution in [2.45, 2.75) is 14.7 Å². The summed E-state index contributed by atoms with van der Waals surface area (Å²) in [6, 6.07) is 16.3. The third kappa shape index (κ3) is 6.24. The highest BCUT2D eigenvalue weighted by Crippen LogP contribution is 2.51. The van der Waals surface area contributed by atoms with E-state index in [-0.39, 0.29) is 18.7 Å². The van der Waals surface area contributed by atoms with Crippen LogP contribution in [0.25, 0.3) is 0 Å². The summed E-state index contributed by atoms with van der Waals surface area (Å²) in [7, 11) is -14.3. The number of hydrogen-bond donors (Lipinski definition) is 1. The minimum atomic E-state index is -5.00. The number of anilines is 2. The van der Waals surface area contributed by atoms with Gasteiger partial charge in [-0.05, 0) is 60.7 Å². The average molecular weight is 735 g/mol. The molecule has 4 rings (SSSR count). The van der Waals surface area contributed by atoms with Crippen LogP contribution < -0.4 is 8.43 Å². The van der Waals surface area contributed by atoms with Crippen LogP contribution >= 0.6 is 69.6 Å². The number of hydrogen-bond acceptors (Lipinski definition) is 6. The maximum atomic E-state index is 13.9. The Bertz CT molecular complexity index is 1930. The molecule has 0 heterocycles. The maximum Gasteiger partial charge on any atom is 0.277 e. The van der Waals surface area contributed by atoms with Crippen LogP contribution in [0, 0.1) is 0 Å². The lowest BCUT2D eigenvalue weighted by Gasteiger charge is -2.27. The van der Waals surface area contributed by atoms with Gasteiger partial charge in [0.2, 0.25) is 0 Å². The molecular formula is C24H14Cl6N2O6S3. The highest BCUT2D eigenvalue weighted by molar-refractivity contribution is 8.10. The SMILES string of the molecule is O=S(=O)(Nc1c(Cl)c(Cl)c(N(S(=O)(=O)c2ccccc2)S(=O)(=O)c2ccc(Cl)cc2)c(Cl)c1Cl)c1ccc(Cl)cc1. The summed E-state index contributed by atoms with van der Waals surface area (Å²) in [5, 5.41) is -2.27. The van der Waals surface area contributed by atoms with E-state index in [0.717, 1.165) is 24.3 Å². The predicted octanol–water partition coefficient (Wildman–Crippen LogP) is 7.99. The Morgan fingerprint density at radius 2 is 0.878 bits per heavy atom. The van der Waals surface area contributed by atoms with E-state index in [9.17, 15) is 25.3 Å². The second-order valence-corrected chi connectivity index (χ2v) is 15.9. The van der Waals surface area contributed by atoms with Crippen LogP contribution in [-0.2, 0) is 30.1 Å². The average Bonchev–Trinajstić information content (AvgIpc) is 2.93. The van der Waals surface area contributed by atoms with E-state index in [0.29, 0.717) is 0 Å². The third-order valence-corrected chi connectivity index (χ3v) is 13.1. The first-order valence-corrected chi connectivity index (χ1v) is 17.5. The molecule has 0 saturated carbocycles. The topological polar surface area (TPSA) is 118 Å². The molecule has 0 amide bonds. The van der Waals surface area contributed by atoms with Crippen molar-refractivity contribution in [2.75, 3.05) is 8.43 Å². The molecule has 0 aliphatic heterocycles. The molecule has 0 spiro atoms. The number of benzene rings is 4. The van der Waals surface area contributed by atoms with Crippen molar-refractivity contribution < 1.29 is 25.3 Å². The highest BCUT2D eigenvalue weighted by atomic mass is 35.5. The Hall–Kier alpha value is -1.93. The zero-order valence-corrected chi connectivity index (χ0v) is 26.9. The summed E-state index contributed by atoms with van der Waals surface area (Å²) in [5.74, 6) is 0. The summed E-state index contributed by atoms with van der Waals surface area (Å²) in [6.07, 6.45) is 0. The molecule has 4 aromatic rings. The predicted molar refractivity (Wildman–Crippen MR) is 163 cm³/mol. The van der Waals surface area contributed by atoms with Crippen LogP contribution in [0.4, 0.5) is 11.4 Å². The third-order valence-electron chi connectivity index (χ3n) is 5.37. The van der Waals surface area contributed by atoms with Gasteiger partial charge in [0, 0.05) is 10.0 Å². The lowest BCUT2D eigenvalue weighted by Crippen LogP contribution is -2.37. The number of rotatable bonds is 8. The Morgan fingerprint density at radius 3 is 1.32 bits per heavy atom. The van der Waals surface area contributed by atoms with Gasteiger partial charge in [-0.2, -0.15) is 3.71 Å². The van der Waals surface area contributed by atoms with Gasteiger partial charge in [-0.1, -0.05) is 87.8 Å². The fourth-order valence-corrected chi connectivity index (χ4v) is 9.95. The zero-order chi connectivity index (χ0) is 30.3. The Kier molecular flexibility index (Phi) is 9.35. The molecule has 0 radical (unpaired) electrons. The van der Waals surface area contributed by atoms with E-state index in [2.05, 4.69) is 4.72 Å². The molecule has 4 aromatic carbocycles. The second kappa shape index (κ2) is 12.0. The molecule has 0 bridgehead atoms. The van der Waals surface area contributed by atoms with Crippen LogP contribution in [0.1, 0.15) is 0 Å². The quantitative estimate of drug-likeness (QED) is 0.184. The van der Waals surface area contributed by atoms with Crippen molar-refractivity contribution in [3.05, 3.63) is 109 Å². The number of halogens is 6. The van der Waals surface area contributed by atoms with Gasteiger partial charge in [0.05, 0.1) is 40.5 Å². The van der Waals surface area contributed by atoms with Crippen LogP contribution in [0.2, 0.25) is 30.1 Å². The minimum absolute atomic E-state index is 0.0154. The van der Waals surface area contributed by atoms with Crippen LogP contribution in [0.5, 0.6) is 0 Å². The van der Waals surface area contributed by atoms with Crippen molar-refractivity contribution in [3.63, 3.8) is 0 Å². The molecule has 0 aromatic heterocycles. The largest absolute Gasteiger partial charge is 0.277 e. The summed E-state index contributed by atoms with van der Waals surface area (Å²) in [4.78, 5) is -1.17. The van der Waals surface area contributed by atoms with Gasteiger partial charge in [0.15, 0.2) is 0 Å². The van der Waals surface area contributed by atoms with Gasteiger partial charge in [0.25, 0.3) is 30.1 Å². The van der Waals surface area contributed by atoms with E-state index in [1.54, 1.807) is 0 Å². The number of sulfonamides is 3. The molecular weight excluding hydrogens is 721 g/mol. The summed E-state index contributed by atoms with van der Waals surface area (Å²) in [6.45, 7) is 0. The van der Waals surface area contributed by atoms with E-state index < -0.39 is 71.3 Å². The first-order chi connectivity index (χ1) is 19.1. The molecule has 0 fully saturated rings. The van der Waals surface area contributed by atoms with Crippen molar-refractivity contribution in [1.29, 1.82) is 0 Å². The molecule has 0 aliphatic carbocycles. The summed E-state index contributed by atoms with van der Waals surface area (Å²) < 4.78 is 83.7. The summed E-state index contributed by atoms with van der Waals surface area (Å²) >= 11 is 37.4. The van der Waals surface area contributed by atoms with Crippen molar-refractivity contribution in [3.8, 4) is 0 Å². The van der Waals surface area contributed by atoms with Gasteiger partial charge in [0.1, 0.15) is 5.69 Å². The fraction of sp³-hybridized carbons (Fsp3) is 0. The molecule has 216 valence electrons. The van der Waals surface area contributed by atoms with Crippen molar-refractivity contribution in [2.24, 2.45) is 0 Å². The van der Waals surface area contributed by atoms with Crippen molar-refractivity contribution >= 4 is 111 Å². The normalized spacial score (nSPS) is 12.2. The first-order valence-electron chi connectivity index (χ1n) is 10.8. The van der Waals surface area contributed by atoms with Gasteiger partial charge in [-0.15, -0.1) is 0 Å². The lowest BCUT2D eigenvalue weighted by atomic mass is 10.3. The van der Waals surface area contributed by atoms with E-state index in [1.807, 2.05) is 0 Å². The molecule has 0 atom stereocenters. The zero-order valence-electron chi connectivity index (χ0n) is 19.9. The van der Waals surface area contributed by atoms with E-state index >= 15 is 0 Å². The van der Waals surface area contributed by atoms with Gasteiger partial charge < -0.3 is 0 Å². The summed E-state index contributed by atoms with van der Waals surface area (Å²) in [5.41, 5.74) is -1.36. The Morgan fingerprint density at radius 1 is 0.488 bits per heavy atom. The van der Waals surface area contributed by atoms with Crippen LogP contribution in [0.3, 0.4) is 0 Å². The van der Waals surface area contributed by atoms with Gasteiger partial charge >= 0.3 is 0 Å². The molecule has 1 N–H and O–H groups in total. The minimum Gasteiger partial charge on any atom is -0.276 e. The molecule has 0 aliphatic rings. The smallest absolute Gasteiger partial charge is 0.276 e. The molecule has 0 unspecified atom stereocenters. The van der Waals surface area contributed by atoms with Crippen LogP contribution in [-0.4, -0.2) is 25.3 Å². The van der Waals surface area contributed by atoms with Crippen molar-refractivity contribution in [1.82, 2.24) is 0 Å². The van der Waals surface area contributed by atoms with Gasteiger partial charge in [-0.3, -0.25) is 4.72 Å². The highest BCUT2D eigenvalue weighted by Gasteiger charge is 2.41. The molecule has 0 saturated heterocycles. The van der Waals surface area contributed by atoms with Crippen LogP contribution in [0.15, 0.2) is 93.5 Å². The van der Waals surface area contributed by atoms with E-state index in [1.165, 1.54) is 54.6 Å². The fourth-order valence-electron chi connectivity index (χ4n) is 3.44. The molecule has 17 heteroatoms. The standard InChI is InChI=1S/C24H14Cl6N2O6S3/c25-14-6-10-16(11-7-14)39(33,34)31-23-19(27)21(29)24(22(30)20(23)28)32(40(35,36)17-4-2-1-3-5-17)41(37,38)18-12-8-15(26)9-13-18/h1-13,31H. The Balaban J connectivity index is 1.98. The molecule has 41 heavy (non-hydrogen) atoms. The monoisotopic (exact) mass is 732 g/mol. The Labute approximate surface area is 266 Å². The first kappa shape index (κ1) is 32.0.